The third kappa shape index (κ3) is 5.21. The standard InChI is InChI=1S/C29H35N3O5S/c1-2-3-15-31(18-21-9-5-4-6-10-21)27(33)22-11-8-16-30(19-22)25-13-7-12-24-26(25)29(35)32(28(24)34)23-14-17-38(36,37)20-23/h4-7,9-10,12-13,22-23H,2-3,8,11,14-20H2,1H3/t22-,23-/m0/s1. The number of rotatable bonds is 8. The predicted molar refractivity (Wildman–Crippen MR) is 146 cm³/mol. The van der Waals surface area contributed by atoms with E-state index in [4.69, 9.17) is 0 Å². The second-order valence-electron chi connectivity index (χ2n) is 10.6. The lowest BCUT2D eigenvalue weighted by molar-refractivity contribution is -0.136. The first-order chi connectivity index (χ1) is 18.3. The van der Waals surface area contributed by atoms with E-state index in [-0.39, 0.29) is 29.8 Å². The van der Waals surface area contributed by atoms with E-state index < -0.39 is 27.7 Å². The normalized spacial score (nSPS) is 22.6. The van der Waals surface area contributed by atoms with Gasteiger partial charge < -0.3 is 9.80 Å². The molecule has 38 heavy (non-hydrogen) atoms. The van der Waals surface area contributed by atoms with Gasteiger partial charge in [0.2, 0.25) is 5.91 Å². The van der Waals surface area contributed by atoms with E-state index in [0.717, 1.165) is 36.1 Å². The van der Waals surface area contributed by atoms with Crippen LogP contribution in [-0.2, 0) is 21.2 Å². The summed E-state index contributed by atoms with van der Waals surface area (Å²) >= 11 is 0. The molecule has 3 amide bonds. The van der Waals surface area contributed by atoms with Gasteiger partial charge in [-0.05, 0) is 43.4 Å². The number of amides is 3. The number of carbonyl (C=O) groups excluding carboxylic acids is 3. The number of piperidine rings is 1. The number of hydrogen-bond donors (Lipinski definition) is 0. The molecule has 2 aromatic rings. The van der Waals surface area contributed by atoms with Crippen molar-refractivity contribution in [2.75, 3.05) is 36.0 Å². The summed E-state index contributed by atoms with van der Waals surface area (Å²) in [5.41, 5.74) is 2.41. The zero-order chi connectivity index (χ0) is 26.9. The van der Waals surface area contributed by atoms with Crippen molar-refractivity contribution in [1.29, 1.82) is 0 Å². The summed E-state index contributed by atoms with van der Waals surface area (Å²) in [6.07, 6.45) is 3.80. The van der Waals surface area contributed by atoms with E-state index in [2.05, 4.69) is 11.8 Å². The Morgan fingerprint density at radius 3 is 2.53 bits per heavy atom. The van der Waals surface area contributed by atoms with E-state index in [1.807, 2.05) is 41.3 Å². The molecule has 0 N–H and O–H groups in total. The number of hydrogen-bond acceptors (Lipinski definition) is 6. The van der Waals surface area contributed by atoms with Gasteiger partial charge >= 0.3 is 0 Å². The largest absolute Gasteiger partial charge is 0.370 e. The quantitative estimate of drug-likeness (QED) is 0.479. The molecule has 2 atom stereocenters. The molecule has 0 saturated carbocycles. The fourth-order valence-corrected chi connectivity index (χ4v) is 7.64. The molecule has 0 aliphatic carbocycles. The van der Waals surface area contributed by atoms with Crippen molar-refractivity contribution in [3.8, 4) is 0 Å². The lowest BCUT2D eigenvalue weighted by atomic mass is 9.94. The van der Waals surface area contributed by atoms with Crippen molar-refractivity contribution in [3.63, 3.8) is 0 Å². The van der Waals surface area contributed by atoms with Gasteiger partial charge in [0.05, 0.1) is 40.3 Å². The molecule has 3 aliphatic rings. The van der Waals surface area contributed by atoms with Gasteiger partial charge in [-0.25, -0.2) is 8.42 Å². The monoisotopic (exact) mass is 537 g/mol. The number of benzene rings is 2. The van der Waals surface area contributed by atoms with E-state index in [0.29, 0.717) is 43.0 Å². The smallest absolute Gasteiger partial charge is 0.263 e. The maximum Gasteiger partial charge on any atom is 0.263 e. The van der Waals surface area contributed by atoms with Crippen LogP contribution in [0, 0.1) is 5.92 Å². The lowest BCUT2D eigenvalue weighted by Gasteiger charge is -2.37. The van der Waals surface area contributed by atoms with Crippen molar-refractivity contribution < 1.29 is 22.8 Å². The molecule has 2 aromatic carbocycles. The number of nitrogens with zero attached hydrogens (tertiary/aromatic N) is 3. The fraction of sp³-hybridized carbons (Fsp3) is 0.483. The van der Waals surface area contributed by atoms with Crippen molar-refractivity contribution in [2.24, 2.45) is 5.92 Å². The maximum absolute atomic E-state index is 13.7. The second-order valence-corrected chi connectivity index (χ2v) is 12.8. The molecule has 2 fully saturated rings. The second kappa shape index (κ2) is 10.9. The molecular formula is C29H35N3O5S. The third-order valence-corrected chi connectivity index (χ3v) is 9.67. The van der Waals surface area contributed by atoms with E-state index >= 15 is 0 Å². The Morgan fingerprint density at radius 1 is 1.03 bits per heavy atom. The highest BCUT2D eigenvalue weighted by molar-refractivity contribution is 7.91. The average molecular weight is 538 g/mol. The van der Waals surface area contributed by atoms with Crippen molar-refractivity contribution in [3.05, 3.63) is 65.2 Å². The fourth-order valence-electron chi connectivity index (χ4n) is 5.94. The van der Waals surface area contributed by atoms with Crippen LogP contribution >= 0.6 is 0 Å². The number of unbranched alkanes of at least 4 members (excludes halogenated alkanes) is 1. The summed E-state index contributed by atoms with van der Waals surface area (Å²) in [7, 11) is -3.25. The maximum atomic E-state index is 13.7. The zero-order valence-corrected chi connectivity index (χ0v) is 22.7. The number of carbonyl (C=O) groups is 3. The molecule has 3 heterocycles. The van der Waals surface area contributed by atoms with Crippen LogP contribution in [0.2, 0.25) is 0 Å². The van der Waals surface area contributed by atoms with Crippen LogP contribution in [0.1, 0.15) is 65.3 Å². The van der Waals surface area contributed by atoms with Crippen LogP contribution in [0.5, 0.6) is 0 Å². The van der Waals surface area contributed by atoms with E-state index in [9.17, 15) is 22.8 Å². The molecule has 0 radical (unpaired) electrons. The van der Waals surface area contributed by atoms with Gasteiger partial charge in [-0.1, -0.05) is 49.7 Å². The molecule has 8 nitrogen and oxygen atoms in total. The van der Waals surface area contributed by atoms with Crippen LogP contribution in [-0.4, -0.2) is 73.1 Å². The highest BCUT2D eigenvalue weighted by atomic mass is 32.2. The number of anilines is 1. The first-order valence-corrected chi connectivity index (χ1v) is 15.4. The Morgan fingerprint density at radius 2 is 1.82 bits per heavy atom. The highest BCUT2D eigenvalue weighted by Gasteiger charge is 2.46. The van der Waals surface area contributed by atoms with Crippen LogP contribution in [0.25, 0.3) is 0 Å². The molecule has 0 unspecified atom stereocenters. The molecule has 9 heteroatoms. The lowest BCUT2D eigenvalue weighted by Crippen LogP contribution is -2.45. The van der Waals surface area contributed by atoms with Gasteiger partial charge in [0.25, 0.3) is 11.8 Å². The molecule has 0 spiro atoms. The zero-order valence-electron chi connectivity index (χ0n) is 21.8. The minimum absolute atomic E-state index is 0.00857. The van der Waals surface area contributed by atoms with Gasteiger partial charge in [-0.3, -0.25) is 19.3 Å². The van der Waals surface area contributed by atoms with E-state index in [1.165, 1.54) is 0 Å². The first-order valence-electron chi connectivity index (χ1n) is 13.6. The van der Waals surface area contributed by atoms with Crippen LogP contribution in [0.4, 0.5) is 5.69 Å². The summed E-state index contributed by atoms with van der Waals surface area (Å²) in [4.78, 5) is 45.6. The van der Waals surface area contributed by atoms with Crippen molar-refractivity contribution in [1.82, 2.24) is 9.80 Å². The SMILES string of the molecule is CCCCN(Cc1ccccc1)C(=O)[C@H]1CCCN(c2cccc3c2C(=O)N([C@H]2CCS(=O)(=O)C2)C3=O)C1. The highest BCUT2D eigenvalue weighted by Crippen LogP contribution is 2.36. The Hall–Kier alpha value is -3.20. The molecule has 202 valence electrons. The number of fused-ring (bicyclic) bond motifs is 1. The minimum atomic E-state index is -3.25. The molecule has 2 saturated heterocycles. The van der Waals surface area contributed by atoms with Gasteiger partial charge in [0.15, 0.2) is 9.84 Å². The summed E-state index contributed by atoms with van der Waals surface area (Å²) in [5.74, 6) is -1.12. The Kier molecular flexibility index (Phi) is 7.56. The number of sulfone groups is 1. The summed E-state index contributed by atoms with van der Waals surface area (Å²) < 4.78 is 24.1. The van der Waals surface area contributed by atoms with Gasteiger partial charge in [0.1, 0.15) is 0 Å². The molecule has 0 bridgehead atoms. The van der Waals surface area contributed by atoms with E-state index in [1.54, 1.807) is 12.1 Å². The Labute approximate surface area is 224 Å². The molecule has 5 rings (SSSR count). The summed E-state index contributed by atoms with van der Waals surface area (Å²) in [6, 6.07) is 14.6. The van der Waals surface area contributed by atoms with Crippen LogP contribution < -0.4 is 4.90 Å². The summed E-state index contributed by atoms with van der Waals surface area (Å²) in [6.45, 7) is 4.56. The molecule has 3 aliphatic heterocycles. The van der Waals surface area contributed by atoms with Crippen molar-refractivity contribution in [2.45, 2.75) is 51.6 Å². The first kappa shape index (κ1) is 26.4. The van der Waals surface area contributed by atoms with Gasteiger partial charge in [0, 0.05) is 26.2 Å². The molecular weight excluding hydrogens is 502 g/mol. The third-order valence-electron chi connectivity index (χ3n) is 7.92. The predicted octanol–water partition coefficient (Wildman–Crippen LogP) is 3.52. The van der Waals surface area contributed by atoms with Crippen molar-refractivity contribution >= 4 is 33.2 Å². The molecule has 0 aromatic heterocycles. The van der Waals surface area contributed by atoms with Crippen LogP contribution in [0.15, 0.2) is 48.5 Å². The minimum Gasteiger partial charge on any atom is -0.370 e. The number of imide groups is 1. The summed E-state index contributed by atoms with van der Waals surface area (Å²) in [5, 5.41) is 0. The average Bonchev–Trinajstić information content (AvgIpc) is 3.41. The van der Waals surface area contributed by atoms with Crippen LogP contribution in [0.3, 0.4) is 0 Å². The van der Waals surface area contributed by atoms with Gasteiger partial charge in [-0.15, -0.1) is 0 Å². The Bertz CT molecular complexity index is 1330. The topological polar surface area (TPSA) is 95.1 Å². The Balaban J connectivity index is 1.36. The van der Waals surface area contributed by atoms with Gasteiger partial charge in [-0.2, -0.15) is 0 Å².